The van der Waals surface area contributed by atoms with Crippen molar-refractivity contribution in [2.45, 2.75) is 63.5 Å². The normalized spacial score (nSPS) is 27.2. The number of carboxylic acid groups (broad SMARTS) is 1. The van der Waals surface area contributed by atoms with Gasteiger partial charge in [0.25, 0.3) is 0 Å². The molecule has 2 saturated carbocycles. The quantitative estimate of drug-likeness (QED) is 0.571. The van der Waals surface area contributed by atoms with Gasteiger partial charge in [-0.2, -0.15) is 0 Å². The van der Waals surface area contributed by atoms with Crippen LogP contribution in [-0.2, 0) is 14.3 Å². The standard InChI is InChI=1S/C28H32N2O5/c1-28(26(32)33)14-6-11-24(28)30-25(31)17-12-13-18(15-17)29-27(34)35-16-23-21-9-4-2-7-19(21)20-8-3-5-10-22(20)23/h2-5,7-10,17-18,23-24H,6,11-16H2,1H3,(H,29,34)(H,30,31)(H,32,33)/t17-,18+,24?,28?/m1/s1. The van der Waals surface area contributed by atoms with Gasteiger partial charge in [-0.3, -0.25) is 9.59 Å². The highest BCUT2D eigenvalue weighted by Gasteiger charge is 2.46. The van der Waals surface area contributed by atoms with E-state index < -0.39 is 17.5 Å². The smallest absolute Gasteiger partial charge is 0.407 e. The molecule has 5 rings (SSSR count). The van der Waals surface area contributed by atoms with E-state index in [9.17, 15) is 19.5 Å². The van der Waals surface area contributed by atoms with Crippen LogP contribution in [-0.4, -0.2) is 41.8 Å². The third-order valence-electron chi connectivity index (χ3n) is 8.23. The summed E-state index contributed by atoms with van der Waals surface area (Å²) in [5, 5.41) is 15.5. The molecular weight excluding hydrogens is 444 g/mol. The van der Waals surface area contributed by atoms with Crippen molar-refractivity contribution in [1.29, 1.82) is 0 Å². The van der Waals surface area contributed by atoms with E-state index in [1.807, 2.05) is 24.3 Å². The van der Waals surface area contributed by atoms with Crippen molar-refractivity contribution < 1.29 is 24.2 Å². The minimum atomic E-state index is -0.910. The molecular formula is C28H32N2O5. The van der Waals surface area contributed by atoms with Crippen molar-refractivity contribution in [1.82, 2.24) is 10.6 Å². The second kappa shape index (κ2) is 9.36. The first kappa shape index (κ1) is 23.4. The maximum atomic E-state index is 12.8. The second-order valence-electron chi connectivity index (χ2n) is 10.4. The maximum Gasteiger partial charge on any atom is 0.407 e. The van der Waals surface area contributed by atoms with E-state index in [1.54, 1.807) is 6.92 Å². The first-order chi connectivity index (χ1) is 16.9. The minimum Gasteiger partial charge on any atom is -0.481 e. The molecule has 2 unspecified atom stereocenters. The summed E-state index contributed by atoms with van der Waals surface area (Å²) in [7, 11) is 0. The Kier molecular flexibility index (Phi) is 6.26. The number of fused-ring (bicyclic) bond motifs is 3. The van der Waals surface area contributed by atoms with Gasteiger partial charge in [0.15, 0.2) is 0 Å². The van der Waals surface area contributed by atoms with Crippen molar-refractivity contribution in [3.05, 3.63) is 59.7 Å². The monoisotopic (exact) mass is 476 g/mol. The largest absolute Gasteiger partial charge is 0.481 e. The summed E-state index contributed by atoms with van der Waals surface area (Å²) in [6.07, 6.45) is 3.48. The first-order valence-corrected chi connectivity index (χ1v) is 12.5. The van der Waals surface area contributed by atoms with E-state index in [0.717, 1.165) is 6.42 Å². The molecule has 4 atom stereocenters. The number of rotatable bonds is 6. The van der Waals surface area contributed by atoms with Gasteiger partial charge >= 0.3 is 12.1 Å². The highest BCUT2D eigenvalue weighted by atomic mass is 16.5. The number of carbonyl (C=O) groups excluding carboxylic acids is 2. The topological polar surface area (TPSA) is 105 Å². The van der Waals surface area contributed by atoms with Crippen LogP contribution in [0.25, 0.3) is 11.1 Å². The summed E-state index contributed by atoms with van der Waals surface area (Å²) in [5.41, 5.74) is 3.79. The Labute approximate surface area is 205 Å². The highest BCUT2D eigenvalue weighted by Crippen LogP contribution is 2.44. The summed E-state index contributed by atoms with van der Waals surface area (Å²) in [6, 6.07) is 15.9. The number of aliphatic carboxylic acids is 1. The van der Waals surface area contributed by atoms with Gasteiger partial charge < -0.3 is 20.5 Å². The zero-order valence-electron chi connectivity index (χ0n) is 20.0. The third kappa shape index (κ3) is 4.40. The summed E-state index contributed by atoms with van der Waals surface area (Å²) < 4.78 is 5.64. The van der Waals surface area contributed by atoms with Gasteiger partial charge in [0.2, 0.25) is 5.91 Å². The molecule has 0 saturated heterocycles. The van der Waals surface area contributed by atoms with Gasteiger partial charge in [-0.05, 0) is 61.3 Å². The Hall–Kier alpha value is -3.35. The van der Waals surface area contributed by atoms with Crippen molar-refractivity contribution in [3.8, 4) is 11.1 Å². The predicted octanol–water partition coefficient (Wildman–Crippen LogP) is 4.45. The average Bonchev–Trinajstić information content (AvgIpc) is 3.55. The van der Waals surface area contributed by atoms with Gasteiger partial charge in [0, 0.05) is 23.9 Å². The molecule has 7 nitrogen and oxygen atoms in total. The number of hydrogen-bond donors (Lipinski definition) is 3. The van der Waals surface area contributed by atoms with Crippen LogP contribution in [0, 0.1) is 11.3 Å². The molecule has 0 aliphatic heterocycles. The summed E-state index contributed by atoms with van der Waals surface area (Å²) in [5.74, 6) is -1.19. The molecule has 7 heteroatoms. The Balaban J connectivity index is 1.13. The lowest BCUT2D eigenvalue weighted by molar-refractivity contribution is -0.149. The number of benzene rings is 2. The Bertz CT molecular complexity index is 1100. The molecule has 2 fully saturated rings. The third-order valence-corrected chi connectivity index (χ3v) is 8.23. The van der Waals surface area contributed by atoms with E-state index in [1.165, 1.54) is 22.3 Å². The zero-order valence-corrected chi connectivity index (χ0v) is 20.0. The van der Waals surface area contributed by atoms with Crippen LogP contribution < -0.4 is 10.6 Å². The van der Waals surface area contributed by atoms with E-state index >= 15 is 0 Å². The molecule has 0 radical (unpaired) electrons. The second-order valence-corrected chi connectivity index (χ2v) is 10.4. The SMILES string of the molecule is CC1(C(=O)O)CCCC1NC(=O)[C@@H]1CC[C@H](NC(=O)OCC2c3ccccc3-c3ccccc32)C1. The van der Waals surface area contributed by atoms with Crippen LogP contribution in [0.1, 0.15) is 62.5 Å². The lowest BCUT2D eigenvalue weighted by Crippen LogP contribution is -2.48. The van der Waals surface area contributed by atoms with Gasteiger partial charge in [0.05, 0.1) is 5.41 Å². The Morgan fingerprint density at radius 1 is 0.971 bits per heavy atom. The molecule has 3 N–H and O–H groups in total. The van der Waals surface area contributed by atoms with E-state index in [-0.39, 0.29) is 36.4 Å². The number of carboxylic acids is 1. The maximum absolute atomic E-state index is 12.8. The van der Waals surface area contributed by atoms with Crippen molar-refractivity contribution in [3.63, 3.8) is 0 Å². The lowest BCUT2D eigenvalue weighted by Gasteiger charge is -2.28. The van der Waals surface area contributed by atoms with Crippen LogP contribution in [0.3, 0.4) is 0 Å². The molecule has 35 heavy (non-hydrogen) atoms. The summed E-state index contributed by atoms with van der Waals surface area (Å²) in [6.45, 7) is 1.97. The van der Waals surface area contributed by atoms with Crippen molar-refractivity contribution in [2.24, 2.45) is 11.3 Å². The average molecular weight is 477 g/mol. The Morgan fingerprint density at radius 2 is 1.63 bits per heavy atom. The number of hydrogen-bond acceptors (Lipinski definition) is 4. The fraction of sp³-hybridized carbons (Fsp3) is 0.464. The van der Waals surface area contributed by atoms with E-state index in [0.29, 0.717) is 32.1 Å². The molecule has 3 aliphatic rings. The van der Waals surface area contributed by atoms with Crippen LogP contribution in [0.4, 0.5) is 4.79 Å². The fourth-order valence-electron chi connectivity index (χ4n) is 6.10. The van der Waals surface area contributed by atoms with Gasteiger partial charge in [-0.15, -0.1) is 0 Å². The highest BCUT2D eigenvalue weighted by molar-refractivity contribution is 5.82. The molecule has 2 aromatic rings. The molecule has 3 aliphatic carbocycles. The number of nitrogens with one attached hydrogen (secondary N) is 2. The molecule has 0 bridgehead atoms. The van der Waals surface area contributed by atoms with Crippen LogP contribution in [0.5, 0.6) is 0 Å². The zero-order chi connectivity index (χ0) is 24.6. The molecule has 2 aromatic carbocycles. The van der Waals surface area contributed by atoms with Gasteiger partial charge in [0.1, 0.15) is 6.61 Å². The van der Waals surface area contributed by atoms with Crippen LogP contribution >= 0.6 is 0 Å². The number of amides is 2. The van der Waals surface area contributed by atoms with Crippen LogP contribution in [0.15, 0.2) is 48.5 Å². The van der Waals surface area contributed by atoms with Crippen molar-refractivity contribution in [2.75, 3.05) is 6.61 Å². The van der Waals surface area contributed by atoms with Gasteiger partial charge in [-0.25, -0.2) is 4.79 Å². The fourth-order valence-corrected chi connectivity index (χ4v) is 6.10. The van der Waals surface area contributed by atoms with Gasteiger partial charge in [-0.1, -0.05) is 55.0 Å². The summed E-state index contributed by atoms with van der Waals surface area (Å²) >= 11 is 0. The number of alkyl carbamates (subject to hydrolysis) is 1. The molecule has 2 amide bonds. The molecule has 0 aromatic heterocycles. The van der Waals surface area contributed by atoms with Crippen LogP contribution in [0.2, 0.25) is 0 Å². The first-order valence-electron chi connectivity index (χ1n) is 12.5. The molecule has 0 heterocycles. The lowest BCUT2D eigenvalue weighted by atomic mass is 9.84. The van der Waals surface area contributed by atoms with E-state index in [2.05, 4.69) is 34.9 Å². The molecule has 184 valence electrons. The Morgan fingerprint density at radius 3 is 2.29 bits per heavy atom. The molecule has 0 spiro atoms. The number of carbonyl (C=O) groups is 3. The van der Waals surface area contributed by atoms with Crippen molar-refractivity contribution >= 4 is 18.0 Å². The predicted molar refractivity (Wildman–Crippen MR) is 131 cm³/mol. The summed E-state index contributed by atoms with van der Waals surface area (Å²) in [4.78, 5) is 37.1. The minimum absolute atomic E-state index is 0.00483. The number of ether oxygens (including phenoxy) is 1. The van der Waals surface area contributed by atoms with E-state index in [4.69, 9.17) is 4.74 Å².